The molecule has 1 aliphatic rings. The lowest BCUT2D eigenvalue weighted by Crippen LogP contribution is -2.14. The predicted octanol–water partition coefficient (Wildman–Crippen LogP) is 5.64. The van der Waals surface area contributed by atoms with E-state index in [0.29, 0.717) is 5.88 Å². The normalized spacial score (nSPS) is 15.3. The van der Waals surface area contributed by atoms with Crippen LogP contribution in [0.25, 0.3) is 17.2 Å². The van der Waals surface area contributed by atoms with Gasteiger partial charge in [-0.3, -0.25) is 0 Å². The summed E-state index contributed by atoms with van der Waals surface area (Å²) in [5.74, 6) is 0.679. The summed E-state index contributed by atoms with van der Waals surface area (Å²) in [6, 6.07) is 15.5. The summed E-state index contributed by atoms with van der Waals surface area (Å²) in [4.78, 5) is 0. The van der Waals surface area contributed by atoms with Crippen molar-refractivity contribution in [1.29, 1.82) is 0 Å². The van der Waals surface area contributed by atoms with Crippen LogP contribution >= 0.6 is 11.6 Å². The average molecular weight is 283 g/mol. The molecule has 0 nitrogen and oxygen atoms in total. The number of allylic oxidation sites excluding steroid dienone is 1. The second-order valence-corrected chi connectivity index (χ2v) is 6.23. The molecule has 0 bridgehead atoms. The number of rotatable bonds is 3. The fourth-order valence-electron chi connectivity index (χ4n) is 3.11. The quantitative estimate of drug-likeness (QED) is 0.640. The molecule has 0 heterocycles. The standard InChI is InChI=1S/C19H19Cl/c1-19(2)17-9-4-3-8-15(17)16-11-10-14(13-18(16)19)7-5-6-12-20/h3-5,7-11,13H,6,12H2,1-2H3. The van der Waals surface area contributed by atoms with Crippen LogP contribution in [-0.4, -0.2) is 5.88 Å². The maximum absolute atomic E-state index is 5.72. The van der Waals surface area contributed by atoms with E-state index in [0.717, 1.165) is 6.42 Å². The van der Waals surface area contributed by atoms with Crippen molar-refractivity contribution in [2.45, 2.75) is 25.7 Å². The summed E-state index contributed by atoms with van der Waals surface area (Å²) in [6.45, 7) is 4.62. The number of benzene rings is 2. The number of hydrogen-bond donors (Lipinski definition) is 0. The molecular formula is C19H19Cl. The number of alkyl halides is 1. The first-order chi connectivity index (χ1) is 9.64. The molecule has 3 rings (SSSR count). The first-order valence-electron chi connectivity index (χ1n) is 7.11. The van der Waals surface area contributed by atoms with E-state index in [2.05, 4.69) is 68.5 Å². The maximum atomic E-state index is 5.72. The van der Waals surface area contributed by atoms with Crippen molar-refractivity contribution in [3.05, 3.63) is 65.2 Å². The van der Waals surface area contributed by atoms with Crippen molar-refractivity contribution >= 4 is 17.7 Å². The van der Waals surface area contributed by atoms with Crippen molar-refractivity contribution in [1.82, 2.24) is 0 Å². The van der Waals surface area contributed by atoms with Crippen LogP contribution < -0.4 is 0 Å². The van der Waals surface area contributed by atoms with Crippen molar-refractivity contribution in [3.63, 3.8) is 0 Å². The van der Waals surface area contributed by atoms with Crippen LogP contribution in [0, 0.1) is 0 Å². The molecule has 2 aromatic carbocycles. The van der Waals surface area contributed by atoms with Gasteiger partial charge in [0.1, 0.15) is 0 Å². The van der Waals surface area contributed by atoms with Gasteiger partial charge in [-0.15, -0.1) is 11.6 Å². The Kier molecular flexibility index (Phi) is 3.43. The van der Waals surface area contributed by atoms with Crippen molar-refractivity contribution in [2.75, 3.05) is 5.88 Å². The topological polar surface area (TPSA) is 0 Å². The molecule has 0 unspecified atom stereocenters. The molecule has 0 spiro atoms. The molecule has 2 aromatic rings. The molecule has 102 valence electrons. The average Bonchev–Trinajstić information content (AvgIpc) is 2.69. The lowest BCUT2D eigenvalue weighted by molar-refractivity contribution is 0.660. The molecular weight excluding hydrogens is 264 g/mol. The van der Waals surface area contributed by atoms with E-state index in [1.165, 1.54) is 27.8 Å². The Bertz CT molecular complexity index is 665. The van der Waals surface area contributed by atoms with E-state index < -0.39 is 0 Å². The Morgan fingerprint density at radius 3 is 2.55 bits per heavy atom. The Labute approximate surface area is 126 Å². The van der Waals surface area contributed by atoms with Gasteiger partial charge in [0, 0.05) is 11.3 Å². The van der Waals surface area contributed by atoms with Gasteiger partial charge in [-0.2, -0.15) is 0 Å². The summed E-state index contributed by atoms with van der Waals surface area (Å²) in [7, 11) is 0. The molecule has 0 N–H and O–H groups in total. The minimum Gasteiger partial charge on any atom is -0.126 e. The van der Waals surface area contributed by atoms with Crippen LogP contribution in [0.5, 0.6) is 0 Å². The van der Waals surface area contributed by atoms with Gasteiger partial charge in [-0.1, -0.05) is 68.5 Å². The molecule has 1 aliphatic carbocycles. The molecule has 0 saturated carbocycles. The summed E-state index contributed by atoms with van der Waals surface area (Å²) >= 11 is 5.72. The van der Waals surface area contributed by atoms with Gasteiger partial charge < -0.3 is 0 Å². The highest BCUT2D eigenvalue weighted by molar-refractivity contribution is 6.17. The van der Waals surface area contributed by atoms with Gasteiger partial charge in [0.15, 0.2) is 0 Å². The van der Waals surface area contributed by atoms with Gasteiger partial charge in [0.05, 0.1) is 0 Å². The highest BCUT2D eigenvalue weighted by Gasteiger charge is 2.34. The molecule has 0 fully saturated rings. The van der Waals surface area contributed by atoms with E-state index in [1.54, 1.807) is 0 Å². The SMILES string of the molecule is CC1(C)c2ccccc2-c2ccc(C=CCCCl)cc21. The van der Waals surface area contributed by atoms with E-state index >= 15 is 0 Å². The number of halogens is 1. The number of hydrogen-bond acceptors (Lipinski definition) is 0. The van der Waals surface area contributed by atoms with E-state index in [4.69, 9.17) is 11.6 Å². The smallest absolute Gasteiger partial charge is 0.0258 e. The summed E-state index contributed by atoms with van der Waals surface area (Å²) in [6.07, 6.45) is 5.23. The fourth-order valence-corrected chi connectivity index (χ4v) is 3.23. The summed E-state index contributed by atoms with van der Waals surface area (Å²) in [5.41, 5.74) is 6.95. The summed E-state index contributed by atoms with van der Waals surface area (Å²) < 4.78 is 0. The Balaban J connectivity index is 2.08. The highest BCUT2D eigenvalue weighted by atomic mass is 35.5. The van der Waals surface area contributed by atoms with Crippen LogP contribution in [-0.2, 0) is 5.41 Å². The number of fused-ring (bicyclic) bond motifs is 3. The largest absolute Gasteiger partial charge is 0.126 e. The predicted molar refractivity (Wildman–Crippen MR) is 88.4 cm³/mol. The van der Waals surface area contributed by atoms with Crippen molar-refractivity contribution in [3.8, 4) is 11.1 Å². The Hall–Kier alpha value is -1.53. The zero-order valence-electron chi connectivity index (χ0n) is 12.0. The van der Waals surface area contributed by atoms with Gasteiger partial charge in [-0.05, 0) is 34.2 Å². The summed E-state index contributed by atoms with van der Waals surface area (Å²) in [5, 5.41) is 0. The van der Waals surface area contributed by atoms with Gasteiger partial charge in [-0.25, -0.2) is 0 Å². The van der Waals surface area contributed by atoms with Crippen LogP contribution in [0.15, 0.2) is 48.5 Å². The Morgan fingerprint density at radius 1 is 1.00 bits per heavy atom. The molecule has 0 saturated heterocycles. The molecule has 1 heteroatoms. The molecule has 0 amide bonds. The van der Waals surface area contributed by atoms with Crippen molar-refractivity contribution < 1.29 is 0 Å². The van der Waals surface area contributed by atoms with Crippen LogP contribution in [0.1, 0.15) is 37.0 Å². The van der Waals surface area contributed by atoms with Crippen LogP contribution in [0.4, 0.5) is 0 Å². The zero-order chi connectivity index (χ0) is 14.2. The minimum absolute atomic E-state index is 0.0856. The third-order valence-corrected chi connectivity index (χ3v) is 4.41. The minimum atomic E-state index is 0.0856. The van der Waals surface area contributed by atoms with Crippen LogP contribution in [0.3, 0.4) is 0 Å². The first kappa shape index (κ1) is 13.5. The fraction of sp³-hybridized carbons (Fsp3) is 0.263. The van der Waals surface area contributed by atoms with E-state index in [9.17, 15) is 0 Å². The molecule has 0 aromatic heterocycles. The van der Waals surface area contributed by atoms with Crippen LogP contribution in [0.2, 0.25) is 0 Å². The van der Waals surface area contributed by atoms with E-state index in [1.807, 2.05) is 0 Å². The second kappa shape index (κ2) is 5.10. The molecule has 0 radical (unpaired) electrons. The lowest BCUT2D eigenvalue weighted by atomic mass is 9.82. The lowest BCUT2D eigenvalue weighted by Gasteiger charge is -2.21. The third-order valence-electron chi connectivity index (χ3n) is 4.19. The van der Waals surface area contributed by atoms with Crippen molar-refractivity contribution in [2.24, 2.45) is 0 Å². The Morgan fingerprint density at radius 2 is 1.75 bits per heavy atom. The second-order valence-electron chi connectivity index (χ2n) is 5.86. The molecule has 20 heavy (non-hydrogen) atoms. The van der Waals surface area contributed by atoms with Gasteiger partial charge >= 0.3 is 0 Å². The maximum Gasteiger partial charge on any atom is 0.0258 e. The van der Waals surface area contributed by atoms with Gasteiger partial charge in [0.2, 0.25) is 0 Å². The third kappa shape index (κ3) is 2.09. The molecule has 0 aliphatic heterocycles. The highest BCUT2D eigenvalue weighted by Crippen LogP contribution is 2.48. The molecule has 0 atom stereocenters. The van der Waals surface area contributed by atoms with Gasteiger partial charge in [0.25, 0.3) is 0 Å². The van der Waals surface area contributed by atoms with E-state index in [-0.39, 0.29) is 5.41 Å². The zero-order valence-corrected chi connectivity index (χ0v) is 12.7. The monoisotopic (exact) mass is 282 g/mol. The first-order valence-corrected chi connectivity index (χ1v) is 7.65.